The van der Waals surface area contributed by atoms with Crippen molar-refractivity contribution in [3.05, 3.63) is 0 Å². The van der Waals surface area contributed by atoms with Gasteiger partial charge in [0.2, 0.25) is 11.8 Å². The lowest BCUT2D eigenvalue weighted by Gasteiger charge is -2.29. The lowest BCUT2D eigenvalue weighted by atomic mass is 10.1. The van der Waals surface area contributed by atoms with E-state index in [0.29, 0.717) is 12.3 Å². The average Bonchev–Trinajstić information content (AvgIpc) is 3.00. The van der Waals surface area contributed by atoms with Gasteiger partial charge in [-0.1, -0.05) is 6.92 Å². The molecule has 2 aliphatic rings. The van der Waals surface area contributed by atoms with Gasteiger partial charge in [0.05, 0.1) is 11.3 Å². The summed E-state index contributed by atoms with van der Waals surface area (Å²) in [5.41, 5.74) is 0. The fraction of sp³-hybridized carbons (Fsp3) is 0.786. The van der Waals surface area contributed by atoms with Crippen molar-refractivity contribution in [2.45, 2.75) is 51.1 Å². The zero-order valence-corrected chi connectivity index (χ0v) is 13.4. The third-order valence-electron chi connectivity index (χ3n) is 4.11. The topological polar surface area (TPSA) is 77.9 Å². The van der Waals surface area contributed by atoms with Crippen LogP contribution in [0, 0.1) is 5.92 Å². The summed E-state index contributed by atoms with van der Waals surface area (Å²) in [6, 6.07) is -0.698. The minimum atomic E-state index is -0.961. The molecule has 0 saturated carbocycles. The van der Waals surface area contributed by atoms with Crippen LogP contribution in [0.25, 0.3) is 0 Å². The van der Waals surface area contributed by atoms with Crippen molar-refractivity contribution in [3.63, 3.8) is 0 Å². The first kappa shape index (κ1) is 16.1. The average molecular weight is 314 g/mol. The standard InChI is InChI=1S/C14H22N2O4S/c1-4-12-16(10(7-21-12)14(19)20)13(18)9-5-11(17)15(6-9)8(2)3/h8-10,12H,4-7H2,1-3H3,(H,19,20). The van der Waals surface area contributed by atoms with Crippen LogP contribution in [-0.4, -0.2) is 62.4 Å². The Morgan fingerprint density at radius 1 is 1.43 bits per heavy atom. The largest absolute Gasteiger partial charge is 0.480 e. The molecule has 21 heavy (non-hydrogen) atoms. The van der Waals surface area contributed by atoms with E-state index in [0.717, 1.165) is 6.42 Å². The van der Waals surface area contributed by atoms with Crippen LogP contribution in [0.1, 0.15) is 33.6 Å². The van der Waals surface area contributed by atoms with E-state index < -0.39 is 17.9 Å². The van der Waals surface area contributed by atoms with Crippen molar-refractivity contribution < 1.29 is 19.5 Å². The number of carbonyl (C=O) groups is 3. The van der Waals surface area contributed by atoms with Gasteiger partial charge in [-0.3, -0.25) is 9.59 Å². The van der Waals surface area contributed by atoms with E-state index in [-0.39, 0.29) is 29.7 Å². The number of amides is 2. The zero-order valence-electron chi connectivity index (χ0n) is 12.6. The van der Waals surface area contributed by atoms with Gasteiger partial charge >= 0.3 is 5.97 Å². The van der Waals surface area contributed by atoms with Crippen LogP contribution >= 0.6 is 11.8 Å². The van der Waals surface area contributed by atoms with Crippen LogP contribution in [0.15, 0.2) is 0 Å². The molecular formula is C14H22N2O4S. The molecule has 0 spiro atoms. The molecule has 3 unspecified atom stereocenters. The molecule has 2 amide bonds. The van der Waals surface area contributed by atoms with E-state index >= 15 is 0 Å². The first-order chi connectivity index (χ1) is 9.86. The maximum Gasteiger partial charge on any atom is 0.327 e. The quantitative estimate of drug-likeness (QED) is 0.838. The van der Waals surface area contributed by atoms with E-state index in [2.05, 4.69) is 0 Å². The van der Waals surface area contributed by atoms with E-state index in [9.17, 15) is 19.5 Å². The van der Waals surface area contributed by atoms with Gasteiger partial charge in [0.1, 0.15) is 6.04 Å². The third-order valence-corrected chi connectivity index (χ3v) is 5.57. The molecule has 0 aromatic carbocycles. The first-order valence-corrected chi connectivity index (χ1v) is 8.37. The molecule has 2 heterocycles. The minimum Gasteiger partial charge on any atom is -0.480 e. The number of nitrogens with zero attached hydrogens (tertiary/aromatic N) is 2. The van der Waals surface area contributed by atoms with Gasteiger partial charge in [-0.2, -0.15) is 0 Å². The number of carboxylic acids is 1. The van der Waals surface area contributed by atoms with Crippen LogP contribution in [0.2, 0.25) is 0 Å². The molecule has 2 aliphatic heterocycles. The first-order valence-electron chi connectivity index (χ1n) is 7.32. The maximum atomic E-state index is 12.7. The molecule has 0 aliphatic carbocycles. The van der Waals surface area contributed by atoms with Crippen molar-refractivity contribution in [1.82, 2.24) is 9.80 Å². The molecule has 0 bridgehead atoms. The predicted octanol–water partition coefficient (Wildman–Crippen LogP) is 1.01. The van der Waals surface area contributed by atoms with E-state index in [1.165, 1.54) is 16.7 Å². The Kier molecular flexibility index (Phi) is 4.81. The molecule has 2 fully saturated rings. The third kappa shape index (κ3) is 3.02. The van der Waals surface area contributed by atoms with Gasteiger partial charge in [-0.25, -0.2) is 4.79 Å². The Bertz CT molecular complexity index is 454. The SMILES string of the molecule is CCC1SCC(C(=O)O)N1C(=O)C1CC(=O)N(C(C)C)C1. The molecule has 2 saturated heterocycles. The second-order valence-corrected chi connectivity index (χ2v) is 7.05. The van der Waals surface area contributed by atoms with E-state index in [4.69, 9.17) is 0 Å². The lowest BCUT2D eigenvalue weighted by molar-refractivity contribution is -0.150. The smallest absolute Gasteiger partial charge is 0.327 e. The van der Waals surface area contributed by atoms with Gasteiger partial charge in [0, 0.05) is 24.8 Å². The number of hydrogen-bond acceptors (Lipinski definition) is 4. The second-order valence-electron chi connectivity index (χ2n) is 5.84. The van der Waals surface area contributed by atoms with Crippen molar-refractivity contribution in [2.75, 3.05) is 12.3 Å². The summed E-state index contributed by atoms with van der Waals surface area (Å²) in [5, 5.41) is 9.20. The molecule has 0 aromatic heterocycles. The van der Waals surface area contributed by atoms with Crippen molar-refractivity contribution in [1.29, 1.82) is 0 Å². The van der Waals surface area contributed by atoms with Gasteiger partial charge < -0.3 is 14.9 Å². The maximum absolute atomic E-state index is 12.7. The fourth-order valence-electron chi connectivity index (χ4n) is 2.97. The van der Waals surface area contributed by atoms with E-state index in [1.807, 2.05) is 20.8 Å². The highest BCUT2D eigenvalue weighted by Gasteiger charge is 2.45. The Morgan fingerprint density at radius 2 is 2.10 bits per heavy atom. The van der Waals surface area contributed by atoms with Crippen LogP contribution in [0.5, 0.6) is 0 Å². The minimum absolute atomic E-state index is 0.0184. The second kappa shape index (κ2) is 6.25. The number of carboxylic acid groups (broad SMARTS) is 1. The van der Waals surface area contributed by atoms with Crippen LogP contribution in [-0.2, 0) is 14.4 Å². The summed E-state index contributed by atoms with van der Waals surface area (Å²) in [5.74, 6) is -1.15. The number of hydrogen-bond donors (Lipinski definition) is 1. The Balaban J connectivity index is 2.14. The van der Waals surface area contributed by atoms with Gasteiger partial charge in [-0.15, -0.1) is 11.8 Å². The van der Waals surface area contributed by atoms with Crippen LogP contribution in [0.3, 0.4) is 0 Å². The predicted molar refractivity (Wildman–Crippen MR) is 79.8 cm³/mol. The molecule has 0 radical (unpaired) electrons. The summed E-state index contributed by atoms with van der Waals surface area (Å²) >= 11 is 1.51. The number of aliphatic carboxylic acids is 1. The fourth-order valence-corrected chi connectivity index (χ4v) is 4.33. The van der Waals surface area contributed by atoms with Crippen LogP contribution in [0.4, 0.5) is 0 Å². The summed E-state index contributed by atoms with van der Waals surface area (Å²) < 4.78 is 0. The summed E-state index contributed by atoms with van der Waals surface area (Å²) in [4.78, 5) is 39.2. The van der Waals surface area contributed by atoms with Crippen molar-refractivity contribution in [3.8, 4) is 0 Å². The monoisotopic (exact) mass is 314 g/mol. The molecule has 6 nitrogen and oxygen atoms in total. The summed E-state index contributed by atoms with van der Waals surface area (Å²) in [6.45, 7) is 6.19. The molecule has 3 atom stereocenters. The van der Waals surface area contributed by atoms with Crippen molar-refractivity contribution >= 4 is 29.5 Å². The highest BCUT2D eigenvalue weighted by atomic mass is 32.2. The molecule has 7 heteroatoms. The van der Waals surface area contributed by atoms with Gasteiger partial charge in [0.15, 0.2) is 0 Å². The number of thioether (sulfide) groups is 1. The van der Waals surface area contributed by atoms with Crippen molar-refractivity contribution in [2.24, 2.45) is 5.92 Å². The van der Waals surface area contributed by atoms with Gasteiger partial charge in [0.25, 0.3) is 0 Å². The molecule has 2 rings (SSSR count). The molecular weight excluding hydrogens is 292 g/mol. The number of rotatable bonds is 4. The van der Waals surface area contributed by atoms with Crippen LogP contribution < -0.4 is 0 Å². The number of carbonyl (C=O) groups excluding carboxylic acids is 2. The Hall–Kier alpha value is -1.24. The molecule has 118 valence electrons. The Morgan fingerprint density at radius 3 is 2.57 bits per heavy atom. The number of likely N-dealkylation sites (tertiary alicyclic amines) is 1. The normalized spacial score (nSPS) is 29.5. The van der Waals surface area contributed by atoms with E-state index in [1.54, 1.807) is 4.90 Å². The summed E-state index contributed by atoms with van der Waals surface area (Å²) in [6.07, 6.45) is 0.912. The highest BCUT2D eigenvalue weighted by molar-refractivity contribution is 8.00. The Labute approximate surface area is 128 Å². The lowest BCUT2D eigenvalue weighted by Crippen LogP contribution is -2.48. The molecule has 0 aromatic rings. The van der Waals surface area contributed by atoms with Gasteiger partial charge in [-0.05, 0) is 20.3 Å². The summed E-state index contributed by atoms with van der Waals surface area (Å²) in [7, 11) is 0. The zero-order chi connectivity index (χ0) is 15.7. The highest BCUT2D eigenvalue weighted by Crippen LogP contribution is 2.34. The molecule has 1 N–H and O–H groups in total.